The van der Waals surface area contributed by atoms with Crippen molar-refractivity contribution in [3.63, 3.8) is 0 Å². The van der Waals surface area contributed by atoms with Gasteiger partial charge in [-0.25, -0.2) is 0 Å². The van der Waals surface area contributed by atoms with Crippen LogP contribution in [0.15, 0.2) is 72.8 Å². The second-order valence-corrected chi connectivity index (χ2v) is 7.55. The smallest absolute Gasteiger partial charge is 0.119 e. The summed E-state index contributed by atoms with van der Waals surface area (Å²) in [5.41, 5.74) is 6.17. The molecular weight excluding hydrogens is 332 g/mol. The zero-order chi connectivity index (χ0) is 19.3. The fourth-order valence-electron chi connectivity index (χ4n) is 3.17. The maximum Gasteiger partial charge on any atom is 0.119 e. The largest absolute Gasteiger partial charge is 0.489 e. The average Bonchev–Trinajstić information content (AvgIpc) is 2.68. The molecule has 0 aliphatic heterocycles. The standard InChI is InChI=1S/C25H28O2/c1-19-5-11-22(12-6-19)25(2,3)23-13-15-24(16-14-23)27-18-21-9-7-20(8-10-21)17-26-4/h5-16H,17-18H2,1-4H3. The van der Waals surface area contributed by atoms with Crippen LogP contribution in [0.4, 0.5) is 0 Å². The molecule has 140 valence electrons. The van der Waals surface area contributed by atoms with E-state index in [2.05, 4.69) is 93.6 Å². The van der Waals surface area contributed by atoms with Gasteiger partial charge in [0.2, 0.25) is 0 Å². The van der Waals surface area contributed by atoms with Crippen LogP contribution in [0, 0.1) is 6.92 Å². The van der Waals surface area contributed by atoms with E-state index in [1.54, 1.807) is 7.11 Å². The Labute approximate surface area is 162 Å². The topological polar surface area (TPSA) is 18.5 Å². The molecule has 0 heterocycles. The first-order chi connectivity index (χ1) is 13.0. The van der Waals surface area contributed by atoms with Crippen LogP contribution < -0.4 is 4.74 Å². The fourth-order valence-corrected chi connectivity index (χ4v) is 3.17. The van der Waals surface area contributed by atoms with E-state index in [1.807, 2.05) is 0 Å². The Balaban J connectivity index is 1.65. The maximum absolute atomic E-state index is 5.95. The van der Waals surface area contributed by atoms with Crippen molar-refractivity contribution in [1.82, 2.24) is 0 Å². The van der Waals surface area contributed by atoms with Crippen molar-refractivity contribution in [2.24, 2.45) is 0 Å². The summed E-state index contributed by atoms with van der Waals surface area (Å²) >= 11 is 0. The monoisotopic (exact) mass is 360 g/mol. The molecule has 0 aliphatic carbocycles. The van der Waals surface area contributed by atoms with Crippen molar-refractivity contribution in [1.29, 1.82) is 0 Å². The van der Waals surface area contributed by atoms with Crippen LogP contribution in [0.25, 0.3) is 0 Å². The molecule has 0 saturated heterocycles. The summed E-state index contributed by atoms with van der Waals surface area (Å²) in [4.78, 5) is 0. The Morgan fingerprint density at radius 1 is 0.667 bits per heavy atom. The van der Waals surface area contributed by atoms with Gasteiger partial charge in [-0.1, -0.05) is 80.1 Å². The normalized spacial score (nSPS) is 11.4. The SMILES string of the molecule is COCc1ccc(COc2ccc(C(C)(C)c3ccc(C)cc3)cc2)cc1. The third-order valence-corrected chi connectivity index (χ3v) is 5.09. The summed E-state index contributed by atoms with van der Waals surface area (Å²) in [7, 11) is 1.71. The van der Waals surface area contributed by atoms with Crippen LogP contribution in [0.3, 0.4) is 0 Å². The third kappa shape index (κ3) is 4.78. The molecule has 0 unspecified atom stereocenters. The predicted octanol–water partition coefficient (Wildman–Crippen LogP) is 6.05. The van der Waals surface area contributed by atoms with E-state index >= 15 is 0 Å². The Hall–Kier alpha value is -2.58. The van der Waals surface area contributed by atoms with Gasteiger partial charge in [-0.15, -0.1) is 0 Å². The molecular formula is C25H28O2. The minimum atomic E-state index is -0.0383. The third-order valence-electron chi connectivity index (χ3n) is 5.09. The number of aryl methyl sites for hydroxylation is 1. The lowest BCUT2D eigenvalue weighted by Crippen LogP contribution is -2.18. The van der Waals surface area contributed by atoms with E-state index in [0.29, 0.717) is 13.2 Å². The number of methoxy groups -OCH3 is 1. The molecule has 0 aromatic heterocycles. The quantitative estimate of drug-likeness (QED) is 0.511. The van der Waals surface area contributed by atoms with Crippen LogP contribution in [0.1, 0.15) is 41.7 Å². The minimum absolute atomic E-state index is 0.0383. The molecule has 3 rings (SSSR count). The summed E-state index contributed by atoms with van der Waals surface area (Å²) in [5, 5.41) is 0. The molecule has 0 saturated carbocycles. The van der Waals surface area contributed by atoms with Crippen molar-refractivity contribution < 1.29 is 9.47 Å². The molecule has 0 aliphatic rings. The lowest BCUT2D eigenvalue weighted by molar-refractivity contribution is 0.185. The molecule has 0 bridgehead atoms. The Morgan fingerprint density at radius 3 is 1.67 bits per heavy atom. The van der Waals surface area contributed by atoms with Crippen LogP contribution in [0.5, 0.6) is 5.75 Å². The number of ether oxygens (including phenoxy) is 2. The number of hydrogen-bond donors (Lipinski definition) is 0. The van der Waals surface area contributed by atoms with Gasteiger partial charge in [-0.3, -0.25) is 0 Å². The van der Waals surface area contributed by atoms with Gasteiger partial charge in [0.05, 0.1) is 6.61 Å². The molecule has 0 N–H and O–H groups in total. The van der Waals surface area contributed by atoms with Crippen molar-refractivity contribution >= 4 is 0 Å². The van der Waals surface area contributed by atoms with Crippen LogP contribution in [0.2, 0.25) is 0 Å². The number of benzene rings is 3. The predicted molar refractivity (Wildman–Crippen MR) is 111 cm³/mol. The molecule has 2 heteroatoms. The van der Waals surface area contributed by atoms with Gasteiger partial charge < -0.3 is 9.47 Å². The summed E-state index contributed by atoms with van der Waals surface area (Å²) in [6.07, 6.45) is 0. The summed E-state index contributed by atoms with van der Waals surface area (Å²) in [6, 6.07) is 25.6. The molecule has 0 amide bonds. The molecule has 0 radical (unpaired) electrons. The van der Waals surface area contributed by atoms with Gasteiger partial charge in [-0.05, 0) is 41.3 Å². The van der Waals surface area contributed by atoms with E-state index in [4.69, 9.17) is 9.47 Å². The number of hydrogen-bond acceptors (Lipinski definition) is 2. The van der Waals surface area contributed by atoms with Gasteiger partial charge in [0, 0.05) is 12.5 Å². The van der Waals surface area contributed by atoms with E-state index in [1.165, 1.54) is 22.3 Å². The van der Waals surface area contributed by atoms with Gasteiger partial charge in [-0.2, -0.15) is 0 Å². The van der Waals surface area contributed by atoms with Crippen molar-refractivity contribution in [2.45, 2.75) is 39.4 Å². The van der Waals surface area contributed by atoms with Gasteiger partial charge >= 0.3 is 0 Å². The van der Waals surface area contributed by atoms with Gasteiger partial charge in [0.15, 0.2) is 0 Å². The zero-order valence-corrected chi connectivity index (χ0v) is 16.7. The molecule has 0 fully saturated rings. The Morgan fingerprint density at radius 2 is 1.15 bits per heavy atom. The van der Waals surface area contributed by atoms with Gasteiger partial charge in [0.1, 0.15) is 12.4 Å². The first kappa shape index (κ1) is 19.2. The second-order valence-electron chi connectivity index (χ2n) is 7.55. The van der Waals surface area contributed by atoms with Crippen LogP contribution in [-0.4, -0.2) is 7.11 Å². The average molecular weight is 360 g/mol. The minimum Gasteiger partial charge on any atom is -0.489 e. The van der Waals surface area contributed by atoms with Crippen molar-refractivity contribution in [3.05, 3.63) is 101 Å². The highest BCUT2D eigenvalue weighted by molar-refractivity contribution is 5.40. The molecule has 0 spiro atoms. The fraction of sp³-hybridized carbons (Fsp3) is 0.280. The molecule has 2 nitrogen and oxygen atoms in total. The van der Waals surface area contributed by atoms with E-state index in [0.717, 1.165) is 11.3 Å². The summed E-state index contributed by atoms with van der Waals surface area (Å²) in [6.45, 7) is 7.84. The van der Waals surface area contributed by atoms with Crippen molar-refractivity contribution in [3.8, 4) is 5.75 Å². The van der Waals surface area contributed by atoms with Gasteiger partial charge in [0.25, 0.3) is 0 Å². The first-order valence-corrected chi connectivity index (χ1v) is 9.36. The van der Waals surface area contributed by atoms with Crippen LogP contribution in [-0.2, 0) is 23.4 Å². The lowest BCUT2D eigenvalue weighted by Gasteiger charge is -2.26. The molecule has 3 aromatic carbocycles. The van der Waals surface area contributed by atoms with E-state index < -0.39 is 0 Å². The first-order valence-electron chi connectivity index (χ1n) is 9.36. The Bertz CT molecular complexity index is 844. The highest BCUT2D eigenvalue weighted by Crippen LogP contribution is 2.32. The highest BCUT2D eigenvalue weighted by Gasteiger charge is 2.22. The lowest BCUT2D eigenvalue weighted by atomic mass is 9.78. The highest BCUT2D eigenvalue weighted by atomic mass is 16.5. The maximum atomic E-state index is 5.95. The van der Waals surface area contributed by atoms with E-state index in [-0.39, 0.29) is 5.41 Å². The van der Waals surface area contributed by atoms with Crippen molar-refractivity contribution in [2.75, 3.05) is 7.11 Å². The zero-order valence-electron chi connectivity index (χ0n) is 16.7. The summed E-state index contributed by atoms with van der Waals surface area (Å²) in [5.74, 6) is 0.888. The number of rotatable bonds is 7. The Kier molecular flexibility index (Phi) is 5.98. The summed E-state index contributed by atoms with van der Waals surface area (Å²) < 4.78 is 11.1. The van der Waals surface area contributed by atoms with E-state index in [9.17, 15) is 0 Å². The molecule has 27 heavy (non-hydrogen) atoms. The molecule has 3 aromatic rings. The molecule has 0 atom stereocenters. The second kappa shape index (κ2) is 8.41. The van der Waals surface area contributed by atoms with Crippen LogP contribution >= 0.6 is 0 Å².